The molecule has 20 heavy (non-hydrogen) atoms. The van der Waals surface area contributed by atoms with Crippen molar-refractivity contribution in [1.29, 1.82) is 5.26 Å². The summed E-state index contributed by atoms with van der Waals surface area (Å²) in [5.74, 6) is 5.96. The minimum atomic E-state index is -0.323. The van der Waals surface area contributed by atoms with Gasteiger partial charge >= 0.3 is 0 Å². The van der Waals surface area contributed by atoms with Crippen molar-refractivity contribution < 1.29 is 9.84 Å². The predicted octanol–water partition coefficient (Wildman–Crippen LogP) is 1.14. The van der Waals surface area contributed by atoms with Crippen LogP contribution in [0, 0.1) is 23.2 Å². The Morgan fingerprint density at radius 2 is 2.35 bits per heavy atom. The number of hydrogen-bond acceptors (Lipinski definition) is 4. The molecule has 0 spiro atoms. The summed E-state index contributed by atoms with van der Waals surface area (Å²) >= 11 is 0. The number of nitrogens with zero attached hydrogens (tertiary/aromatic N) is 2. The monoisotopic (exact) mass is 270 g/mol. The van der Waals surface area contributed by atoms with Crippen molar-refractivity contribution in [2.75, 3.05) is 26.3 Å². The highest BCUT2D eigenvalue weighted by Crippen LogP contribution is 2.11. The average Bonchev–Trinajstić information content (AvgIpc) is 2.48. The first-order valence-electron chi connectivity index (χ1n) is 6.74. The van der Waals surface area contributed by atoms with Crippen LogP contribution in [0.2, 0.25) is 0 Å². The summed E-state index contributed by atoms with van der Waals surface area (Å²) in [5, 5.41) is 17.6. The van der Waals surface area contributed by atoms with Crippen molar-refractivity contribution in [1.82, 2.24) is 4.90 Å². The van der Waals surface area contributed by atoms with E-state index in [1.165, 1.54) is 5.56 Å². The van der Waals surface area contributed by atoms with Gasteiger partial charge in [0.05, 0.1) is 19.3 Å². The lowest BCUT2D eigenvalue weighted by Crippen LogP contribution is -2.41. The molecule has 0 bridgehead atoms. The lowest BCUT2D eigenvalue weighted by Gasteiger charge is -2.29. The van der Waals surface area contributed by atoms with E-state index in [-0.39, 0.29) is 12.7 Å². The maximum absolute atomic E-state index is 8.90. The van der Waals surface area contributed by atoms with Gasteiger partial charge in [0.1, 0.15) is 0 Å². The first-order valence-corrected chi connectivity index (χ1v) is 6.74. The molecule has 0 saturated carbocycles. The molecule has 0 amide bonds. The van der Waals surface area contributed by atoms with Gasteiger partial charge in [-0.15, -0.1) is 0 Å². The summed E-state index contributed by atoms with van der Waals surface area (Å²) in [6.07, 6.45) is 0.175. The molecule has 1 aromatic carbocycles. The molecule has 0 radical (unpaired) electrons. The highest BCUT2D eigenvalue weighted by molar-refractivity contribution is 5.37. The smallest absolute Gasteiger partial charge is 0.156 e. The first kappa shape index (κ1) is 14.6. The van der Waals surface area contributed by atoms with Crippen molar-refractivity contribution in [3.8, 4) is 17.9 Å². The minimum absolute atomic E-state index is 0.0933. The Morgan fingerprint density at radius 1 is 1.45 bits per heavy atom. The quantitative estimate of drug-likeness (QED) is 0.837. The normalized spacial score (nSPS) is 18.9. The summed E-state index contributed by atoms with van der Waals surface area (Å²) in [7, 11) is 0. The van der Waals surface area contributed by atoms with Gasteiger partial charge in [-0.05, 0) is 17.7 Å². The van der Waals surface area contributed by atoms with E-state index in [2.05, 4.69) is 34.9 Å². The van der Waals surface area contributed by atoms with Gasteiger partial charge in [-0.25, -0.2) is 0 Å². The van der Waals surface area contributed by atoms with E-state index in [9.17, 15) is 0 Å². The zero-order chi connectivity index (χ0) is 14.2. The molecular formula is C16H18N2O2. The Hall–Kier alpha value is -1.85. The number of benzene rings is 1. The SMILES string of the molecule is N#CC1CN(Cc2cccc(C#CCCO)c2)CCO1. The molecule has 2 rings (SSSR count). The van der Waals surface area contributed by atoms with Crippen LogP contribution in [0.4, 0.5) is 0 Å². The van der Waals surface area contributed by atoms with Gasteiger partial charge in [0, 0.05) is 31.6 Å². The Bertz CT molecular complexity index is 539. The molecule has 1 aliphatic rings. The van der Waals surface area contributed by atoms with Crippen LogP contribution >= 0.6 is 0 Å². The molecule has 1 atom stereocenters. The molecule has 4 nitrogen and oxygen atoms in total. The summed E-state index contributed by atoms with van der Waals surface area (Å²) in [6.45, 7) is 3.00. The van der Waals surface area contributed by atoms with E-state index in [1.54, 1.807) is 0 Å². The second-order valence-electron chi connectivity index (χ2n) is 4.70. The standard InChI is InChI=1S/C16H18N2O2/c17-11-16-13-18(7-9-20-16)12-15-6-3-5-14(10-15)4-1-2-8-19/h3,5-6,10,16,19H,2,7-9,12-13H2. The van der Waals surface area contributed by atoms with Crippen molar-refractivity contribution in [3.05, 3.63) is 35.4 Å². The number of aliphatic hydroxyl groups is 1. The third kappa shape index (κ3) is 4.36. The Morgan fingerprint density at radius 3 is 3.15 bits per heavy atom. The maximum Gasteiger partial charge on any atom is 0.156 e. The van der Waals surface area contributed by atoms with Gasteiger partial charge in [-0.2, -0.15) is 5.26 Å². The fourth-order valence-electron chi connectivity index (χ4n) is 2.15. The molecule has 1 N–H and O–H groups in total. The lowest BCUT2D eigenvalue weighted by molar-refractivity contribution is -0.00269. The fraction of sp³-hybridized carbons (Fsp3) is 0.438. The van der Waals surface area contributed by atoms with Gasteiger partial charge in [-0.3, -0.25) is 4.90 Å². The number of rotatable bonds is 3. The fourth-order valence-corrected chi connectivity index (χ4v) is 2.15. The van der Waals surface area contributed by atoms with Crippen molar-refractivity contribution >= 4 is 0 Å². The Balaban J connectivity index is 1.98. The summed E-state index contributed by atoms with van der Waals surface area (Å²) in [5.41, 5.74) is 2.14. The molecule has 1 aromatic rings. The van der Waals surface area contributed by atoms with E-state index in [0.29, 0.717) is 19.6 Å². The van der Waals surface area contributed by atoms with Crippen LogP contribution in [0.1, 0.15) is 17.5 Å². The molecule has 104 valence electrons. The highest BCUT2D eigenvalue weighted by Gasteiger charge is 2.19. The molecule has 4 heteroatoms. The Labute approximate surface area is 119 Å². The Kier molecular flexibility index (Phi) is 5.58. The van der Waals surface area contributed by atoms with Crippen molar-refractivity contribution in [2.24, 2.45) is 0 Å². The van der Waals surface area contributed by atoms with Gasteiger partial charge in [-0.1, -0.05) is 24.0 Å². The van der Waals surface area contributed by atoms with Gasteiger partial charge < -0.3 is 9.84 Å². The second-order valence-corrected chi connectivity index (χ2v) is 4.70. The van der Waals surface area contributed by atoms with E-state index in [0.717, 1.165) is 18.7 Å². The molecule has 0 aliphatic carbocycles. The highest BCUT2D eigenvalue weighted by atomic mass is 16.5. The zero-order valence-electron chi connectivity index (χ0n) is 11.4. The number of aliphatic hydroxyl groups excluding tert-OH is 1. The van der Waals surface area contributed by atoms with Gasteiger partial charge in [0.25, 0.3) is 0 Å². The zero-order valence-corrected chi connectivity index (χ0v) is 11.4. The minimum Gasteiger partial charge on any atom is -0.395 e. The van der Waals surface area contributed by atoms with E-state index >= 15 is 0 Å². The maximum atomic E-state index is 8.90. The molecule has 1 unspecified atom stereocenters. The molecular weight excluding hydrogens is 252 g/mol. The summed E-state index contributed by atoms with van der Waals surface area (Å²) in [4.78, 5) is 2.22. The van der Waals surface area contributed by atoms with Crippen LogP contribution < -0.4 is 0 Å². The first-order chi connectivity index (χ1) is 9.81. The van der Waals surface area contributed by atoms with Crippen LogP contribution in [0.3, 0.4) is 0 Å². The van der Waals surface area contributed by atoms with Crippen molar-refractivity contribution in [3.63, 3.8) is 0 Å². The number of ether oxygens (including phenoxy) is 1. The van der Waals surface area contributed by atoms with E-state index in [1.807, 2.05) is 12.1 Å². The molecule has 1 saturated heterocycles. The average molecular weight is 270 g/mol. The molecule has 1 heterocycles. The number of hydrogen-bond donors (Lipinski definition) is 1. The number of morpholine rings is 1. The van der Waals surface area contributed by atoms with Crippen LogP contribution in [-0.2, 0) is 11.3 Å². The molecule has 1 fully saturated rings. The van der Waals surface area contributed by atoms with Gasteiger partial charge in [0.2, 0.25) is 0 Å². The topological polar surface area (TPSA) is 56.5 Å². The van der Waals surface area contributed by atoms with Crippen LogP contribution in [0.15, 0.2) is 24.3 Å². The largest absolute Gasteiger partial charge is 0.395 e. The third-order valence-electron chi connectivity index (χ3n) is 3.10. The summed E-state index contributed by atoms with van der Waals surface area (Å²) < 4.78 is 5.34. The molecule has 1 aliphatic heterocycles. The van der Waals surface area contributed by atoms with Crippen LogP contribution in [0.25, 0.3) is 0 Å². The van der Waals surface area contributed by atoms with Crippen molar-refractivity contribution in [2.45, 2.75) is 19.1 Å². The third-order valence-corrected chi connectivity index (χ3v) is 3.10. The van der Waals surface area contributed by atoms with E-state index < -0.39 is 0 Å². The number of nitriles is 1. The van der Waals surface area contributed by atoms with Crippen LogP contribution in [0.5, 0.6) is 0 Å². The summed E-state index contributed by atoms with van der Waals surface area (Å²) in [6, 6.07) is 10.2. The lowest BCUT2D eigenvalue weighted by atomic mass is 10.1. The van der Waals surface area contributed by atoms with E-state index in [4.69, 9.17) is 15.1 Å². The predicted molar refractivity (Wildman–Crippen MR) is 75.7 cm³/mol. The van der Waals surface area contributed by atoms with Gasteiger partial charge in [0.15, 0.2) is 6.10 Å². The second kappa shape index (κ2) is 7.67. The molecule has 0 aromatic heterocycles. The van der Waals surface area contributed by atoms with Crippen LogP contribution in [-0.4, -0.2) is 42.4 Å².